The highest BCUT2D eigenvalue weighted by Gasteiger charge is 2.08. The molecule has 0 bridgehead atoms. The summed E-state index contributed by atoms with van der Waals surface area (Å²) in [7, 11) is 1.30. The molecular weight excluding hydrogens is 246 g/mol. The van der Waals surface area contributed by atoms with Crippen LogP contribution in [0, 0.1) is 6.92 Å². The van der Waals surface area contributed by atoms with Crippen molar-refractivity contribution in [3.8, 4) is 5.75 Å². The van der Waals surface area contributed by atoms with Gasteiger partial charge in [-0.25, -0.2) is 0 Å². The van der Waals surface area contributed by atoms with Gasteiger partial charge in [0.25, 0.3) is 0 Å². The number of methoxy groups -OCH3 is 1. The number of esters is 1. The van der Waals surface area contributed by atoms with E-state index in [0.29, 0.717) is 12.3 Å². The molecule has 19 heavy (non-hydrogen) atoms. The summed E-state index contributed by atoms with van der Waals surface area (Å²) in [4.78, 5) is 22.5. The van der Waals surface area contributed by atoms with E-state index in [1.54, 1.807) is 6.07 Å². The van der Waals surface area contributed by atoms with E-state index >= 15 is 0 Å². The molecule has 104 valence electrons. The van der Waals surface area contributed by atoms with Crippen LogP contribution in [0.2, 0.25) is 0 Å². The summed E-state index contributed by atoms with van der Waals surface area (Å²) in [6, 6.07) is 5.42. The van der Waals surface area contributed by atoms with E-state index in [9.17, 15) is 9.59 Å². The van der Waals surface area contributed by atoms with Crippen LogP contribution in [0.25, 0.3) is 0 Å². The Kier molecular flexibility index (Phi) is 5.85. The van der Waals surface area contributed by atoms with E-state index in [1.165, 1.54) is 7.11 Å². The van der Waals surface area contributed by atoms with Gasteiger partial charge in [0.1, 0.15) is 5.75 Å². The number of carbonyl (C=O) groups excluding carboxylic acids is 2. The van der Waals surface area contributed by atoms with Crippen molar-refractivity contribution in [2.24, 2.45) is 0 Å². The lowest BCUT2D eigenvalue weighted by Gasteiger charge is -2.10. The Bertz CT molecular complexity index is 457. The minimum Gasteiger partial charge on any atom is -0.494 e. The molecule has 0 radical (unpaired) electrons. The largest absolute Gasteiger partial charge is 0.494 e. The predicted octanol–water partition coefficient (Wildman–Crippen LogP) is 2.29. The molecule has 0 saturated heterocycles. The summed E-state index contributed by atoms with van der Waals surface area (Å²) in [6.07, 6.45) is 0.192. The summed E-state index contributed by atoms with van der Waals surface area (Å²) >= 11 is 0. The van der Waals surface area contributed by atoms with Crippen LogP contribution >= 0.6 is 0 Å². The first-order valence-electron chi connectivity index (χ1n) is 6.17. The molecule has 5 nitrogen and oxygen atoms in total. The zero-order valence-electron chi connectivity index (χ0n) is 11.5. The fourth-order valence-corrected chi connectivity index (χ4v) is 1.59. The maximum atomic E-state index is 11.6. The van der Waals surface area contributed by atoms with E-state index in [0.717, 1.165) is 11.3 Å². The lowest BCUT2D eigenvalue weighted by molar-refractivity contribution is -0.141. The lowest BCUT2D eigenvalue weighted by Crippen LogP contribution is -2.14. The Balaban J connectivity index is 2.55. The Hall–Kier alpha value is -2.04. The molecule has 0 spiro atoms. The van der Waals surface area contributed by atoms with E-state index in [-0.39, 0.29) is 18.7 Å². The standard InChI is InChI=1S/C14H19NO4/c1-4-19-12-6-5-11(9-10(12)2)15-13(16)7-8-14(17)18-3/h5-6,9H,4,7-8H2,1-3H3,(H,15,16). The Morgan fingerprint density at radius 3 is 2.58 bits per heavy atom. The topological polar surface area (TPSA) is 64.6 Å². The molecule has 0 fully saturated rings. The molecule has 0 aliphatic heterocycles. The third kappa shape index (κ3) is 4.99. The molecular formula is C14H19NO4. The van der Waals surface area contributed by atoms with Gasteiger partial charge in [-0.3, -0.25) is 9.59 Å². The first-order chi connectivity index (χ1) is 9.06. The fraction of sp³-hybridized carbons (Fsp3) is 0.429. The number of hydrogen-bond acceptors (Lipinski definition) is 4. The molecule has 1 rings (SSSR count). The van der Waals surface area contributed by atoms with Crippen molar-refractivity contribution < 1.29 is 19.1 Å². The minimum absolute atomic E-state index is 0.0817. The zero-order chi connectivity index (χ0) is 14.3. The third-order valence-corrected chi connectivity index (χ3v) is 2.54. The van der Waals surface area contributed by atoms with Crippen LogP contribution in [0.5, 0.6) is 5.75 Å². The number of aryl methyl sites for hydroxylation is 1. The monoisotopic (exact) mass is 265 g/mol. The third-order valence-electron chi connectivity index (χ3n) is 2.54. The van der Waals surface area contributed by atoms with Gasteiger partial charge >= 0.3 is 5.97 Å². The molecule has 0 unspecified atom stereocenters. The Morgan fingerprint density at radius 1 is 1.26 bits per heavy atom. The van der Waals surface area contributed by atoms with E-state index in [2.05, 4.69) is 10.1 Å². The van der Waals surface area contributed by atoms with Crippen LogP contribution in [0.4, 0.5) is 5.69 Å². The summed E-state index contributed by atoms with van der Waals surface area (Å²) in [6.45, 7) is 4.43. The molecule has 0 aromatic heterocycles. The summed E-state index contributed by atoms with van der Waals surface area (Å²) in [5.74, 6) is 0.196. The Morgan fingerprint density at radius 2 is 2.00 bits per heavy atom. The van der Waals surface area contributed by atoms with Gasteiger partial charge in [-0.2, -0.15) is 0 Å². The highest BCUT2D eigenvalue weighted by atomic mass is 16.5. The van der Waals surface area contributed by atoms with Gasteiger partial charge in [-0.15, -0.1) is 0 Å². The summed E-state index contributed by atoms with van der Waals surface area (Å²) < 4.78 is 9.89. The molecule has 0 saturated carbocycles. The van der Waals surface area contributed by atoms with E-state index < -0.39 is 5.97 Å². The van der Waals surface area contributed by atoms with Crippen molar-refractivity contribution in [3.63, 3.8) is 0 Å². The number of nitrogens with one attached hydrogen (secondary N) is 1. The summed E-state index contributed by atoms with van der Waals surface area (Å²) in [5.41, 5.74) is 1.64. The molecule has 1 amide bonds. The number of ether oxygens (including phenoxy) is 2. The van der Waals surface area contributed by atoms with Crippen molar-refractivity contribution in [2.75, 3.05) is 19.0 Å². The average molecular weight is 265 g/mol. The van der Waals surface area contributed by atoms with Crippen LogP contribution < -0.4 is 10.1 Å². The van der Waals surface area contributed by atoms with Crippen molar-refractivity contribution in [3.05, 3.63) is 23.8 Å². The number of hydrogen-bond donors (Lipinski definition) is 1. The number of rotatable bonds is 6. The molecule has 0 aliphatic carbocycles. The van der Waals surface area contributed by atoms with Gasteiger partial charge in [0.2, 0.25) is 5.91 Å². The van der Waals surface area contributed by atoms with Crippen LogP contribution in [0.3, 0.4) is 0 Å². The van der Waals surface area contributed by atoms with Crippen molar-refractivity contribution in [2.45, 2.75) is 26.7 Å². The van der Waals surface area contributed by atoms with Gasteiger partial charge < -0.3 is 14.8 Å². The fourth-order valence-electron chi connectivity index (χ4n) is 1.59. The van der Waals surface area contributed by atoms with E-state index in [4.69, 9.17) is 4.74 Å². The van der Waals surface area contributed by atoms with Crippen LogP contribution in [-0.2, 0) is 14.3 Å². The SMILES string of the molecule is CCOc1ccc(NC(=O)CCC(=O)OC)cc1C. The van der Waals surface area contributed by atoms with Crippen LogP contribution in [0.1, 0.15) is 25.3 Å². The van der Waals surface area contributed by atoms with Crippen molar-refractivity contribution in [1.29, 1.82) is 0 Å². The minimum atomic E-state index is -0.391. The molecule has 0 aliphatic rings. The molecule has 1 aromatic carbocycles. The smallest absolute Gasteiger partial charge is 0.306 e. The van der Waals surface area contributed by atoms with Crippen molar-refractivity contribution >= 4 is 17.6 Å². The Labute approximate surface area is 112 Å². The highest BCUT2D eigenvalue weighted by molar-refractivity contribution is 5.92. The van der Waals surface area contributed by atoms with Crippen molar-refractivity contribution in [1.82, 2.24) is 0 Å². The van der Waals surface area contributed by atoms with Gasteiger partial charge in [0, 0.05) is 12.1 Å². The van der Waals surface area contributed by atoms with E-state index in [1.807, 2.05) is 26.0 Å². The quantitative estimate of drug-likeness (QED) is 0.801. The molecule has 0 atom stereocenters. The second-order valence-corrected chi connectivity index (χ2v) is 4.04. The zero-order valence-corrected chi connectivity index (χ0v) is 11.5. The predicted molar refractivity (Wildman–Crippen MR) is 72.2 cm³/mol. The van der Waals surface area contributed by atoms with Crippen LogP contribution in [0.15, 0.2) is 18.2 Å². The number of amides is 1. The van der Waals surface area contributed by atoms with Crippen LogP contribution in [-0.4, -0.2) is 25.6 Å². The molecule has 5 heteroatoms. The normalized spacial score (nSPS) is 9.84. The second kappa shape index (κ2) is 7.41. The first kappa shape index (κ1) is 15.0. The lowest BCUT2D eigenvalue weighted by atomic mass is 10.2. The second-order valence-electron chi connectivity index (χ2n) is 4.04. The van der Waals surface area contributed by atoms with Gasteiger partial charge in [-0.1, -0.05) is 0 Å². The molecule has 0 heterocycles. The average Bonchev–Trinajstić information content (AvgIpc) is 2.39. The first-order valence-corrected chi connectivity index (χ1v) is 6.17. The number of carbonyl (C=O) groups is 2. The number of benzene rings is 1. The van der Waals surface area contributed by atoms with Gasteiger partial charge in [0.15, 0.2) is 0 Å². The maximum Gasteiger partial charge on any atom is 0.306 e. The highest BCUT2D eigenvalue weighted by Crippen LogP contribution is 2.22. The van der Waals surface area contributed by atoms with Gasteiger partial charge in [-0.05, 0) is 37.6 Å². The summed E-state index contributed by atoms with van der Waals surface area (Å²) in [5, 5.41) is 2.73. The number of anilines is 1. The van der Waals surface area contributed by atoms with Gasteiger partial charge in [0.05, 0.1) is 20.1 Å². The maximum absolute atomic E-state index is 11.6. The molecule has 1 aromatic rings. The molecule has 1 N–H and O–H groups in total.